The maximum absolute atomic E-state index is 12.1. The molecule has 1 aromatic rings. The Morgan fingerprint density at radius 2 is 2.20 bits per heavy atom. The summed E-state index contributed by atoms with van der Waals surface area (Å²) in [6.45, 7) is 4.11. The van der Waals surface area contributed by atoms with Gasteiger partial charge in [0.25, 0.3) is 5.91 Å². The first-order valence-electron chi connectivity index (χ1n) is 7.06. The normalized spacial score (nSPS) is 20.7. The molecule has 1 atom stereocenters. The van der Waals surface area contributed by atoms with E-state index in [1.54, 1.807) is 0 Å². The van der Waals surface area contributed by atoms with Crippen LogP contribution in [0.25, 0.3) is 5.57 Å². The molecule has 1 amide bonds. The molecular formula is C17H18N2O. The number of carbonyl (C=O) groups is 1. The van der Waals surface area contributed by atoms with E-state index in [1.807, 2.05) is 31.3 Å². The van der Waals surface area contributed by atoms with Gasteiger partial charge in [-0.1, -0.05) is 19.1 Å². The number of amides is 1. The first-order valence-corrected chi connectivity index (χ1v) is 7.06. The number of carbonyl (C=O) groups excluding carboxylic acids is 1. The Morgan fingerprint density at radius 3 is 2.85 bits per heavy atom. The number of aryl methyl sites for hydroxylation is 1. The highest BCUT2D eigenvalue weighted by atomic mass is 16.1. The topological polar surface area (TPSA) is 41.5 Å². The minimum atomic E-state index is 0.0418. The van der Waals surface area contributed by atoms with Crippen LogP contribution < -0.4 is 5.32 Å². The Bertz CT molecular complexity index is 647. The first kappa shape index (κ1) is 12.9. The molecule has 1 N–H and O–H groups in total. The molecule has 3 rings (SSSR count). The minimum Gasteiger partial charge on any atom is -0.349 e. The van der Waals surface area contributed by atoms with Gasteiger partial charge in [0.2, 0.25) is 0 Å². The molecule has 1 aromatic carbocycles. The quantitative estimate of drug-likeness (QED) is 0.897. The summed E-state index contributed by atoms with van der Waals surface area (Å²) in [6.07, 6.45) is 6.02. The van der Waals surface area contributed by atoms with Gasteiger partial charge in [-0.3, -0.25) is 4.79 Å². The fraction of sp³-hybridized carbons (Fsp3) is 0.353. The third-order valence-corrected chi connectivity index (χ3v) is 3.81. The van der Waals surface area contributed by atoms with E-state index in [1.165, 1.54) is 5.57 Å². The molecule has 2 aliphatic rings. The summed E-state index contributed by atoms with van der Waals surface area (Å²) >= 11 is 0. The zero-order valence-electron chi connectivity index (χ0n) is 11.8. The second-order valence-corrected chi connectivity index (χ2v) is 5.58. The lowest BCUT2D eigenvalue weighted by Gasteiger charge is -2.15. The molecule has 1 fully saturated rings. The van der Waals surface area contributed by atoms with Crippen LogP contribution in [0.3, 0.4) is 0 Å². The van der Waals surface area contributed by atoms with Crippen molar-refractivity contribution in [1.29, 1.82) is 0 Å². The molecule has 102 valence electrons. The van der Waals surface area contributed by atoms with Crippen molar-refractivity contribution in [3.63, 3.8) is 0 Å². The van der Waals surface area contributed by atoms with Crippen LogP contribution in [0, 0.1) is 12.8 Å². The van der Waals surface area contributed by atoms with Crippen LogP contribution in [0.1, 0.15) is 41.3 Å². The van der Waals surface area contributed by atoms with Crippen LogP contribution in [0.4, 0.5) is 0 Å². The molecule has 1 aliphatic heterocycles. The van der Waals surface area contributed by atoms with E-state index in [2.05, 4.69) is 29.2 Å². The second-order valence-electron chi connectivity index (χ2n) is 5.58. The molecule has 1 heterocycles. The highest BCUT2D eigenvalue weighted by Crippen LogP contribution is 2.27. The van der Waals surface area contributed by atoms with Gasteiger partial charge in [-0.05, 0) is 54.5 Å². The van der Waals surface area contributed by atoms with Crippen LogP contribution in [0.15, 0.2) is 35.5 Å². The Hall–Kier alpha value is -2.12. The number of nitrogens with zero attached hydrogens (tertiary/aromatic N) is 1. The van der Waals surface area contributed by atoms with Crippen LogP contribution in [0.5, 0.6) is 0 Å². The molecular weight excluding hydrogens is 248 g/mol. The van der Waals surface area contributed by atoms with Crippen LogP contribution >= 0.6 is 0 Å². The predicted octanol–water partition coefficient (Wildman–Crippen LogP) is 3.10. The van der Waals surface area contributed by atoms with Gasteiger partial charge in [-0.2, -0.15) is 0 Å². The summed E-state index contributed by atoms with van der Waals surface area (Å²) in [4.78, 5) is 16.2. The van der Waals surface area contributed by atoms with Crippen molar-refractivity contribution in [2.45, 2.75) is 32.7 Å². The standard InChI is InChI=1S/C17H18N2O/c1-11-7-8-18-10-16(11)13-3-6-15(12(2)9-13)17(20)19-14-4-5-14/h3,6-7,9-11,14H,4-5H2,1-2H3,(H,19,20). The van der Waals surface area contributed by atoms with E-state index in [-0.39, 0.29) is 5.91 Å². The van der Waals surface area contributed by atoms with E-state index >= 15 is 0 Å². The smallest absolute Gasteiger partial charge is 0.251 e. The fourth-order valence-corrected chi connectivity index (χ4v) is 2.40. The van der Waals surface area contributed by atoms with E-state index in [0.717, 1.165) is 29.5 Å². The number of allylic oxidation sites excluding steroid dienone is 2. The number of hydrogen-bond donors (Lipinski definition) is 1. The zero-order chi connectivity index (χ0) is 14.1. The Balaban J connectivity index is 1.85. The lowest BCUT2D eigenvalue weighted by Crippen LogP contribution is -2.26. The molecule has 3 heteroatoms. The number of rotatable bonds is 3. The van der Waals surface area contributed by atoms with Gasteiger partial charge in [0, 0.05) is 23.7 Å². The lowest BCUT2D eigenvalue weighted by molar-refractivity contribution is 0.0950. The SMILES string of the molecule is Cc1cc(C2=CN=C=CC2C)ccc1C(=O)NC1CC1. The Morgan fingerprint density at radius 1 is 1.40 bits per heavy atom. The molecule has 0 aromatic heterocycles. The summed E-state index contributed by atoms with van der Waals surface area (Å²) in [5, 5.41) is 3.03. The third kappa shape index (κ3) is 2.59. The molecule has 1 aliphatic carbocycles. The summed E-state index contributed by atoms with van der Waals surface area (Å²) in [5.74, 6) is 3.21. The minimum absolute atomic E-state index is 0.0418. The second kappa shape index (κ2) is 5.10. The first-order chi connectivity index (χ1) is 9.65. The van der Waals surface area contributed by atoms with Crippen molar-refractivity contribution in [2.24, 2.45) is 10.9 Å². The van der Waals surface area contributed by atoms with Gasteiger partial charge in [0.05, 0.1) is 0 Å². The number of benzene rings is 1. The largest absolute Gasteiger partial charge is 0.349 e. The van der Waals surface area contributed by atoms with Crippen LogP contribution in [0.2, 0.25) is 0 Å². The third-order valence-electron chi connectivity index (χ3n) is 3.81. The Kier molecular flexibility index (Phi) is 3.29. The average molecular weight is 266 g/mol. The molecule has 3 nitrogen and oxygen atoms in total. The van der Waals surface area contributed by atoms with Gasteiger partial charge in [0.1, 0.15) is 0 Å². The molecule has 20 heavy (non-hydrogen) atoms. The van der Waals surface area contributed by atoms with Crippen LogP contribution in [-0.2, 0) is 0 Å². The van der Waals surface area contributed by atoms with Crippen molar-refractivity contribution in [2.75, 3.05) is 0 Å². The van der Waals surface area contributed by atoms with Gasteiger partial charge >= 0.3 is 0 Å². The van der Waals surface area contributed by atoms with Gasteiger partial charge in [-0.25, -0.2) is 4.99 Å². The van der Waals surface area contributed by atoms with E-state index in [0.29, 0.717) is 12.0 Å². The van der Waals surface area contributed by atoms with Gasteiger partial charge in [0.15, 0.2) is 0 Å². The highest BCUT2D eigenvalue weighted by Gasteiger charge is 2.24. The fourth-order valence-electron chi connectivity index (χ4n) is 2.40. The van der Waals surface area contributed by atoms with Gasteiger partial charge in [-0.15, -0.1) is 0 Å². The Labute approximate surface area is 119 Å². The van der Waals surface area contributed by atoms with Crippen molar-refractivity contribution in [3.05, 3.63) is 47.2 Å². The monoisotopic (exact) mass is 266 g/mol. The summed E-state index contributed by atoms with van der Waals surface area (Å²) in [5.41, 5.74) is 4.07. The molecule has 0 radical (unpaired) electrons. The van der Waals surface area contributed by atoms with E-state index in [9.17, 15) is 4.79 Å². The lowest BCUT2D eigenvalue weighted by atomic mass is 9.91. The number of aliphatic imine (C=N–C) groups is 1. The van der Waals surface area contributed by atoms with E-state index < -0.39 is 0 Å². The molecule has 0 spiro atoms. The molecule has 1 unspecified atom stereocenters. The number of hydrogen-bond acceptors (Lipinski definition) is 2. The van der Waals surface area contributed by atoms with Gasteiger partial charge < -0.3 is 5.32 Å². The number of nitrogens with one attached hydrogen (secondary N) is 1. The molecule has 1 saturated carbocycles. The van der Waals surface area contributed by atoms with Crippen molar-refractivity contribution < 1.29 is 4.79 Å². The summed E-state index contributed by atoms with van der Waals surface area (Å²) in [7, 11) is 0. The predicted molar refractivity (Wildman–Crippen MR) is 80.8 cm³/mol. The average Bonchev–Trinajstić information content (AvgIpc) is 3.23. The maximum atomic E-state index is 12.1. The van der Waals surface area contributed by atoms with Crippen LogP contribution in [-0.4, -0.2) is 17.8 Å². The van der Waals surface area contributed by atoms with Crippen molar-refractivity contribution in [1.82, 2.24) is 5.32 Å². The zero-order valence-corrected chi connectivity index (χ0v) is 11.8. The molecule has 0 saturated heterocycles. The summed E-state index contributed by atoms with van der Waals surface area (Å²) < 4.78 is 0. The highest BCUT2D eigenvalue weighted by molar-refractivity contribution is 5.96. The molecule has 0 bridgehead atoms. The maximum Gasteiger partial charge on any atom is 0.251 e. The van der Waals surface area contributed by atoms with E-state index in [4.69, 9.17) is 0 Å². The van der Waals surface area contributed by atoms with Crippen molar-refractivity contribution in [3.8, 4) is 0 Å². The summed E-state index contributed by atoms with van der Waals surface area (Å²) in [6, 6.07) is 6.38. The van der Waals surface area contributed by atoms with Crippen molar-refractivity contribution >= 4 is 17.4 Å².